The highest BCUT2D eigenvalue weighted by molar-refractivity contribution is 8.00. The van der Waals surface area contributed by atoms with E-state index in [2.05, 4.69) is 10.3 Å². The SMILES string of the molecule is COc1ccc(Cn2c(SC(C)C(=O)Nc3ccc(F)c(F)c3)nc3ccccc3c2=O)cc1. The van der Waals surface area contributed by atoms with Gasteiger partial charge in [0.2, 0.25) is 5.91 Å². The van der Waals surface area contributed by atoms with Crippen molar-refractivity contribution in [3.05, 3.63) is 94.3 Å². The van der Waals surface area contributed by atoms with E-state index in [9.17, 15) is 18.4 Å². The highest BCUT2D eigenvalue weighted by atomic mass is 32.2. The molecule has 0 aliphatic heterocycles. The van der Waals surface area contributed by atoms with Gasteiger partial charge in [0.1, 0.15) is 5.75 Å². The Bertz CT molecular complexity index is 1410. The first-order valence-electron chi connectivity index (χ1n) is 10.4. The third kappa shape index (κ3) is 5.09. The van der Waals surface area contributed by atoms with E-state index in [-0.39, 0.29) is 17.8 Å². The van der Waals surface area contributed by atoms with Crippen LogP contribution in [0, 0.1) is 11.6 Å². The van der Waals surface area contributed by atoms with E-state index >= 15 is 0 Å². The van der Waals surface area contributed by atoms with Crippen LogP contribution < -0.4 is 15.6 Å². The van der Waals surface area contributed by atoms with Gasteiger partial charge in [0.15, 0.2) is 16.8 Å². The Morgan fingerprint density at radius 3 is 2.53 bits per heavy atom. The molecule has 3 aromatic carbocycles. The average Bonchev–Trinajstić information content (AvgIpc) is 2.84. The number of amides is 1. The minimum atomic E-state index is -1.05. The van der Waals surface area contributed by atoms with Gasteiger partial charge in [-0.15, -0.1) is 0 Å². The molecule has 1 atom stereocenters. The van der Waals surface area contributed by atoms with Crippen LogP contribution in [-0.2, 0) is 11.3 Å². The fourth-order valence-electron chi connectivity index (χ4n) is 3.32. The van der Waals surface area contributed by atoms with Crippen molar-refractivity contribution in [2.75, 3.05) is 12.4 Å². The predicted octanol–water partition coefficient (Wildman–Crippen LogP) is 4.85. The lowest BCUT2D eigenvalue weighted by molar-refractivity contribution is -0.115. The summed E-state index contributed by atoms with van der Waals surface area (Å²) in [7, 11) is 1.58. The number of halogens is 2. The van der Waals surface area contributed by atoms with Crippen molar-refractivity contribution in [3.63, 3.8) is 0 Å². The number of nitrogens with one attached hydrogen (secondary N) is 1. The normalized spacial score (nSPS) is 11.9. The summed E-state index contributed by atoms with van der Waals surface area (Å²) in [6.07, 6.45) is 0. The van der Waals surface area contributed by atoms with Gasteiger partial charge in [0, 0.05) is 11.8 Å². The third-order valence-corrected chi connectivity index (χ3v) is 6.26. The second-order valence-corrected chi connectivity index (χ2v) is 8.84. The number of carbonyl (C=O) groups is 1. The number of thioether (sulfide) groups is 1. The maximum Gasteiger partial charge on any atom is 0.262 e. The zero-order valence-corrected chi connectivity index (χ0v) is 19.2. The molecule has 174 valence electrons. The molecule has 0 radical (unpaired) electrons. The number of hydrogen-bond donors (Lipinski definition) is 1. The summed E-state index contributed by atoms with van der Waals surface area (Å²) in [6, 6.07) is 17.5. The lowest BCUT2D eigenvalue weighted by Crippen LogP contribution is -2.27. The van der Waals surface area contributed by atoms with Crippen molar-refractivity contribution >= 4 is 34.3 Å². The first-order chi connectivity index (χ1) is 16.4. The maximum atomic E-state index is 13.5. The monoisotopic (exact) mass is 481 g/mol. The second kappa shape index (κ2) is 10.0. The molecule has 0 bridgehead atoms. The van der Waals surface area contributed by atoms with Crippen LogP contribution in [0.4, 0.5) is 14.5 Å². The van der Waals surface area contributed by atoms with Crippen molar-refractivity contribution in [3.8, 4) is 5.75 Å². The number of fused-ring (bicyclic) bond motifs is 1. The lowest BCUT2D eigenvalue weighted by atomic mass is 10.2. The quantitative estimate of drug-likeness (QED) is 0.302. The molecule has 9 heteroatoms. The van der Waals surface area contributed by atoms with E-state index in [1.54, 1.807) is 50.4 Å². The second-order valence-electron chi connectivity index (χ2n) is 7.53. The zero-order valence-electron chi connectivity index (χ0n) is 18.4. The number of methoxy groups -OCH3 is 1. The number of carbonyl (C=O) groups excluding carboxylic acids is 1. The lowest BCUT2D eigenvalue weighted by Gasteiger charge is -2.17. The van der Waals surface area contributed by atoms with E-state index in [0.717, 1.165) is 29.5 Å². The molecular weight excluding hydrogens is 460 g/mol. The van der Waals surface area contributed by atoms with Crippen LogP contribution in [0.5, 0.6) is 5.75 Å². The molecule has 6 nitrogen and oxygen atoms in total. The number of para-hydroxylation sites is 1. The standard InChI is InChI=1S/C25H21F2N3O3S/c1-15(23(31)28-17-9-12-20(26)21(27)13-17)34-25-29-22-6-4-3-5-19(22)24(32)30(25)14-16-7-10-18(33-2)11-8-16/h3-13,15H,14H2,1-2H3,(H,28,31). The van der Waals surface area contributed by atoms with Crippen molar-refractivity contribution in [2.24, 2.45) is 0 Å². The number of ether oxygens (including phenoxy) is 1. The van der Waals surface area contributed by atoms with Crippen molar-refractivity contribution < 1.29 is 18.3 Å². The van der Waals surface area contributed by atoms with Gasteiger partial charge in [-0.1, -0.05) is 36.0 Å². The Balaban J connectivity index is 1.64. The molecule has 34 heavy (non-hydrogen) atoms. The minimum absolute atomic E-state index is 0.137. The smallest absolute Gasteiger partial charge is 0.262 e. The van der Waals surface area contributed by atoms with Crippen LogP contribution >= 0.6 is 11.8 Å². The number of anilines is 1. The maximum absolute atomic E-state index is 13.5. The first-order valence-corrected chi connectivity index (χ1v) is 11.3. The first kappa shape index (κ1) is 23.4. The number of aromatic nitrogens is 2. The Morgan fingerprint density at radius 2 is 1.82 bits per heavy atom. The van der Waals surface area contributed by atoms with Gasteiger partial charge in [0.25, 0.3) is 5.56 Å². The highest BCUT2D eigenvalue weighted by Crippen LogP contribution is 2.25. The zero-order chi connectivity index (χ0) is 24.2. The summed E-state index contributed by atoms with van der Waals surface area (Å²) in [6.45, 7) is 1.90. The fourth-order valence-corrected chi connectivity index (χ4v) is 4.23. The summed E-state index contributed by atoms with van der Waals surface area (Å²) in [5.41, 5.74) is 1.30. The molecule has 0 fully saturated rings. The van der Waals surface area contributed by atoms with E-state index < -0.39 is 22.8 Å². The Labute approximate surface area is 198 Å². The van der Waals surface area contributed by atoms with E-state index in [1.807, 2.05) is 12.1 Å². The predicted molar refractivity (Wildman–Crippen MR) is 128 cm³/mol. The molecule has 1 heterocycles. The van der Waals surface area contributed by atoms with E-state index in [1.165, 1.54) is 10.6 Å². The molecule has 0 aliphatic carbocycles. The van der Waals surface area contributed by atoms with Crippen LogP contribution in [0.2, 0.25) is 0 Å². The topological polar surface area (TPSA) is 73.2 Å². The number of rotatable bonds is 7. The van der Waals surface area contributed by atoms with Gasteiger partial charge in [-0.25, -0.2) is 13.8 Å². The molecule has 4 rings (SSSR count). The van der Waals surface area contributed by atoms with Gasteiger partial charge >= 0.3 is 0 Å². The molecule has 1 N–H and O–H groups in total. The Hall–Kier alpha value is -3.72. The van der Waals surface area contributed by atoms with E-state index in [4.69, 9.17) is 4.74 Å². The summed E-state index contributed by atoms with van der Waals surface area (Å²) in [5, 5.41) is 2.73. The minimum Gasteiger partial charge on any atom is -0.497 e. The Kier molecular flexibility index (Phi) is 6.93. The molecule has 0 spiro atoms. The summed E-state index contributed by atoms with van der Waals surface area (Å²) in [5.74, 6) is -1.79. The van der Waals surface area contributed by atoms with Crippen LogP contribution in [0.1, 0.15) is 12.5 Å². The van der Waals surface area contributed by atoms with Crippen LogP contribution in [-0.4, -0.2) is 27.8 Å². The average molecular weight is 482 g/mol. The highest BCUT2D eigenvalue weighted by Gasteiger charge is 2.20. The van der Waals surface area contributed by atoms with Crippen molar-refractivity contribution in [2.45, 2.75) is 23.9 Å². The molecule has 0 aliphatic rings. The largest absolute Gasteiger partial charge is 0.497 e. The summed E-state index contributed by atoms with van der Waals surface area (Å²) >= 11 is 1.11. The fraction of sp³-hybridized carbons (Fsp3) is 0.160. The molecule has 1 amide bonds. The summed E-state index contributed by atoms with van der Waals surface area (Å²) < 4.78 is 33.4. The molecule has 0 saturated heterocycles. The molecule has 1 aromatic heterocycles. The van der Waals surface area contributed by atoms with E-state index in [0.29, 0.717) is 21.8 Å². The van der Waals surface area contributed by atoms with Gasteiger partial charge in [-0.2, -0.15) is 0 Å². The van der Waals surface area contributed by atoms with Gasteiger partial charge in [-0.05, 0) is 48.9 Å². The van der Waals surface area contributed by atoms with Crippen molar-refractivity contribution in [1.82, 2.24) is 9.55 Å². The summed E-state index contributed by atoms with van der Waals surface area (Å²) in [4.78, 5) is 30.7. The molecule has 4 aromatic rings. The van der Waals surface area contributed by atoms with Crippen LogP contribution in [0.3, 0.4) is 0 Å². The molecule has 1 unspecified atom stereocenters. The molecular formula is C25H21F2N3O3S. The van der Waals surface area contributed by atoms with Crippen LogP contribution in [0.25, 0.3) is 10.9 Å². The third-order valence-electron chi connectivity index (χ3n) is 5.16. The van der Waals surface area contributed by atoms with Gasteiger partial charge in [0.05, 0.1) is 29.8 Å². The Morgan fingerprint density at radius 1 is 1.09 bits per heavy atom. The van der Waals surface area contributed by atoms with Crippen molar-refractivity contribution in [1.29, 1.82) is 0 Å². The number of benzene rings is 3. The van der Waals surface area contributed by atoms with Gasteiger partial charge in [-0.3, -0.25) is 14.2 Å². The number of nitrogens with zero attached hydrogens (tertiary/aromatic N) is 2. The van der Waals surface area contributed by atoms with Gasteiger partial charge < -0.3 is 10.1 Å². The molecule has 0 saturated carbocycles. The van der Waals surface area contributed by atoms with Crippen LogP contribution in [0.15, 0.2) is 76.7 Å². The number of hydrogen-bond acceptors (Lipinski definition) is 5.